The van der Waals surface area contributed by atoms with Crippen molar-refractivity contribution in [1.82, 2.24) is 5.32 Å². The van der Waals surface area contributed by atoms with Crippen molar-refractivity contribution < 1.29 is 28.2 Å². The van der Waals surface area contributed by atoms with Gasteiger partial charge in [0.2, 0.25) is 0 Å². The van der Waals surface area contributed by atoms with Gasteiger partial charge in [-0.05, 0) is 37.8 Å². The molecule has 0 radical (unpaired) electrons. The Morgan fingerprint density at radius 2 is 2.00 bits per heavy atom. The molecule has 0 aromatic heterocycles. The van der Waals surface area contributed by atoms with Crippen LogP contribution in [0, 0.1) is 11.8 Å². The van der Waals surface area contributed by atoms with Crippen LogP contribution in [-0.4, -0.2) is 34.4 Å². The van der Waals surface area contributed by atoms with Crippen LogP contribution < -0.4 is 5.32 Å². The monoisotopic (exact) mass is 357 g/mol. The maximum atomic E-state index is 12.1. The standard InChI is InChI=1S/C18H22F3NO3/c1-3-10-17(2,25)11-9-14-7-4-6-13(15(14)23)8-5-12-22-16(24)18(19,20)21/h4,6-7,23,25H,3,5,8,10,12H2,1-2H3,(H,22,24). The Bertz CT molecular complexity index is 658. The predicted octanol–water partition coefficient (Wildman–Crippen LogP) is 2.91. The maximum Gasteiger partial charge on any atom is 0.471 e. The van der Waals surface area contributed by atoms with Crippen LogP contribution in [0.2, 0.25) is 0 Å². The number of para-hydroxylation sites is 1. The Labute approximate surface area is 145 Å². The van der Waals surface area contributed by atoms with Gasteiger partial charge >= 0.3 is 12.1 Å². The molecule has 0 bridgehead atoms. The average Bonchev–Trinajstić information content (AvgIpc) is 2.50. The summed E-state index contributed by atoms with van der Waals surface area (Å²) in [5, 5.41) is 22.0. The number of carbonyl (C=O) groups excluding carboxylic acids is 1. The van der Waals surface area contributed by atoms with Crippen LogP contribution in [0.1, 0.15) is 44.2 Å². The topological polar surface area (TPSA) is 69.6 Å². The molecular formula is C18H22F3NO3. The highest BCUT2D eigenvalue weighted by atomic mass is 19.4. The third-order valence-corrected chi connectivity index (χ3v) is 3.49. The number of benzene rings is 1. The number of nitrogens with one attached hydrogen (secondary N) is 1. The Balaban J connectivity index is 2.69. The molecule has 0 heterocycles. The summed E-state index contributed by atoms with van der Waals surface area (Å²) >= 11 is 0. The first-order valence-electron chi connectivity index (χ1n) is 7.98. The summed E-state index contributed by atoms with van der Waals surface area (Å²) in [6, 6.07) is 4.90. The fourth-order valence-electron chi connectivity index (χ4n) is 2.23. The Hall–Kier alpha value is -2.20. The van der Waals surface area contributed by atoms with Crippen molar-refractivity contribution >= 4 is 5.91 Å². The maximum absolute atomic E-state index is 12.1. The fourth-order valence-corrected chi connectivity index (χ4v) is 2.23. The normalized spacial score (nSPS) is 13.5. The first-order chi connectivity index (χ1) is 11.6. The average molecular weight is 357 g/mol. The van der Waals surface area contributed by atoms with Gasteiger partial charge in [-0.25, -0.2) is 0 Å². The highest BCUT2D eigenvalue weighted by molar-refractivity contribution is 5.81. The lowest BCUT2D eigenvalue weighted by Crippen LogP contribution is -2.37. The van der Waals surface area contributed by atoms with E-state index in [1.165, 1.54) is 0 Å². The number of hydrogen-bond acceptors (Lipinski definition) is 3. The number of rotatable bonds is 6. The van der Waals surface area contributed by atoms with E-state index in [1.54, 1.807) is 30.4 Å². The van der Waals surface area contributed by atoms with Crippen LogP contribution in [0.25, 0.3) is 0 Å². The number of aromatic hydroxyl groups is 1. The summed E-state index contributed by atoms with van der Waals surface area (Å²) in [6.45, 7) is 3.36. The van der Waals surface area contributed by atoms with Crippen molar-refractivity contribution in [3.63, 3.8) is 0 Å². The van der Waals surface area contributed by atoms with Crippen LogP contribution in [0.5, 0.6) is 5.75 Å². The smallest absolute Gasteiger partial charge is 0.471 e. The van der Waals surface area contributed by atoms with Gasteiger partial charge in [-0.15, -0.1) is 0 Å². The zero-order chi connectivity index (χ0) is 19.1. The number of hydrogen-bond donors (Lipinski definition) is 3. The van der Waals surface area contributed by atoms with E-state index in [9.17, 15) is 28.2 Å². The summed E-state index contributed by atoms with van der Waals surface area (Å²) in [5.74, 6) is 3.40. The van der Waals surface area contributed by atoms with Gasteiger partial charge in [-0.2, -0.15) is 13.2 Å². The minimum atomic E-state index is -4.90. The van der Waals surface area contributed by atoms with Crippen LogP contribution >= 0.6 is 0 Å². The van der Waals surface area contributed by atoms with E-state index < -0.39 is 17.7 Å². The number of amides is 1. The third kappa shape index (κ3) is 7.06. The molecule has 4 nitrogen and oxygen atoms in total. The minimum Gasteiger partial charge on any atom is -0.506 e. The molecule has 7 heteroatoms. The van der Waals surface area contributed by atoms with E-state index in [-0.39, 0.29) is 25.1 Å². The van der Waals surface area contributed by atoms with Crippen molar-refractivity contribution in [2.75, 3.05) is 6.54 Å². The highest BCUT2D eigenvalue weighted by Gasteiger charge is 2.38. The molecule has 0 fully saturated rings. The van der Waals surface area contributed by atoms with Crippen LogP contribution in [0.4, 0.5) is 13.2 Å². The molecule has 0 aliphatic heterocycles. The summed E-state index contributed by atoms with van der Waals surface area (Å²) < 4.78 is 36.2. The molecule has 0 saturated heterocycles. The van der Waals surface area contributed by atoms with Crippen LogP contribution in [0.15, 0.2) is 18.2 Å². The summed E-state index contributed by atoms with van der Waals surface area (Å²) in [4.78, 5) is 10.7. The number of halogens is 3. The van der Waals surface area contributed by atoms with Gasteiger partial charge in [0.15, 0.2) is 0 Å². The lowest BCUT2D eigenvalue weighted by atomic mass is 10.00. The number of phenolic OH excluding ortho intramolecular Hbond substituents is 1. The van der Waals surface area contributed by atoms with Gasteiger partial charge < -0.3 is 15.5 Å². The van der Waals surface area contributed by atoms with E-state index in [1.807, 2.05) is 6.92 Å². The molecule has 1 atom stereocenters. The zero-order valence-electron chi connectivity index (χ0n) is 14.2. The van der Waals surface area contributed by atoms with Gasteiger partial charge in [-0.1, -0.05) is 37.3 Å². The first-order valence-corrected chi connectivity index (χ1v) is 7.98. The molecule has 138 valence electrons. The van der Waals surface area contributed by atoms with Crippen molar-refractivity contribution in [1.29, 1.82) is 0 Å². The van der Waals surface area contributed by atoms with Gasteiger partial charge in [0.25, 0.3) is 0 Å². The molecule has 1 amide bonds. The molecule has 25 heavy (non-hydrogen) atoms. The lowest BCUT2D eigenvalue weighted by Gasteiger charge is -2.14. The Morgan fingerprint density at radius 1 is 1.32 bits per heavy atom. The van der Waals surface area contributed by atoms with Gasteiger partial charge in [0, 0.05) is 6.54 Å². The van der Waals surface area contributed by atoms with Gasteiger partial charge in [0.1, 0.15) is 11.4 Å². The number of carbonyl (C=O) groups is 1. The van der Waals surface area contributed by atoms with Crippen molar-refractivity contribution in [2.45, 2.75) is 51.3 Å². The molecule has 1 unspecified atom stereocenters. The van der Waals surface area contributed by atoms with Crippen LogP contribution in [-0.2, 0) is 11.2 Å². The zero-order valence-corrected chi connectivity index (χ0v) is 14.2. The molecule has 0 spiro atoms. The quantitative estimate of drug-likeness (QED) is 0.542. The molecule has 1 aromatic carbocycles. The molecular weight excluding hydrogens is 335 g/mol. The fraction of sp³-hybridized carbons (Fsp3) is 0.500. The second-order valence-corrected chi connectivity index (χ2v) is 5.94. The molecule has 0 aliphatic rings. The second kappa shape index (κ2) is 8.77. The van der Waals surface area contributed by atoms with E-state index in [0.717, 1.165) is 6.42 Å². The SMILES string of the molecule is CCCC(C)(O)C#Cc1cccc(CCCNC(=O)C(F)(F)F)c1O. The van der Waals surface area contributed by atoms with Crippen molar-refractivity contribution in [2.24, 2.45) is 0 Å². The lowest BCUT2D eigenvalue weighted by molar-refractivity contribution is -0.173. The van der Waals surface area contributed by atoms with Crippen LogP contribution in [0.3, 0.4) is 0 Å². The van der Waals surface area contributed by atoms with E-state index >= 15 is 0 Å². The van der Waals surface area contributed by atoms with Crippen molar-refractivity contribution in [3.05, 3.63) is 29.3 Å². The number of alkyl halides is 3. The van der Waals surface area contributed by atoms with Crippen molar-refractivity contribution in [3.8, 4) is 17.6 Å². The minimum absolute atomic E-state index is 0.0653. The number of phenols is 1. The Morgan fingerprint density at radius 3 is 2.60 bits per heavy atom. The molecule has 3 N–H and O–H groups in total. The largest absolute Gasteiger partial charge is 0.506 e. The highest BCUT2D eigenvalue weighted by Crippen LogP contribution is 2.23. The first kappa shape index (κ1) is 20.8. The number of aliphatic hydroxyl groups is 1. The summed E-state index contributed by atoms with van der Waals surface area (Å²) in [7, 11) is 0. The predicted molar refractivity (Wildman–Crippen MR) is 87.9 cm³/mol. The molecule has 1 aromatic rings. The van der Waals surface area contributed by atoms with E-state index in [4.69, 9.17) is 0 Å². The summed E-state index contributed by atoms with van der Waals surface area (Å²) in [5.41, 5.74) is -0.296. The van der Waals surface area contributed by atoms with E-state index in [0.29, 0.717) is 17.5 Å². The molecule has 0 aliphatic carbocycles. The molecule has 0 saturated carbocycles. The van der Waals surface area contributed by atoms with Gasteiger partial charge in [-0.3, -0.25) is 4.79 Å². The number of aryl methyl sites for hydroxylation is 1. The second-order valence-electron chi connectivity index (χ2n) is 5.94. The summed E-state index contributed by atoms with van der Waals surface area (Å²) in [6.07, 6.45) is -3.12. The van der Waals surface area contributed by atoms with Gasteiger partial charge in [0.05, 0.1) is 5.56 Å². The van der Waals surface area contributed by atoms with E-state index in [2.05, 4.69) is 11.8 Å². The molecule has 1 rings (SSSR count). The Kier molecular flexibility index (Phi) is 7.31. The third-order valence-electron chi connectivity index (χ3n) is 3.49.